The lowest BCUT2D eigenvalue weighted by molar-refractivity contribution is -0.119. The van der Waals surface area contributed by atoms with Crippen molar-refractivity contribution in [3.8, 4) is 0 Å². The second-order valence-corrected chi connectivity index (χ2v) is 6.87. The number of aryl methyl sites for hydroxylation is 1. The van der Waals surface area contributed by atoms with E-state index in [9.17, 15) is 9.59 Å². The zero-order valence-electron chi connectivity index (χ0n) is 14.2. The van der Waals surface area contributed by atoms with Crippen LogP contribution < -0.4 is 22.5 Å². The number of aromatic nitrogens is 2. The Balaban J connectivity index is 2.28. The SMILES string of the molecule is Cc1cc(Nc2c(CC(C)C[C@@H](N)C(N)=O)ccnc2C(N)=O)sn1. The van der Waals surface area contributed by atoms with Gasteiger partial charge in [-0.2, -0.15) is 4.37 Å². The molecule has 0 bridgehead atoms. The lowest BCUT2D eigenvalue weighted by Gasteiger charge is -2.18. The van der Waals surface area contributed by atoms with Crippen LogP contribution in [-0.2, 0) is 11.2 Å². The van der Waals surface area contributed by atoms with Gasteiger partial charge in [-0.25, -0.2) is 4.98 Å². The van der Waals surface area contributed by atoms with Crippen LogP contribution in [0.2, 0.25) is 0 Å². The molecule has 0 aromatic carbocycles. The second-order valence-electron chi connectivity index (χ2n) is 6.07. The lowest BCUT2D eigenvalue weighted by atomic mass is 9.93. The van der Waals surface area contributed by atoms with Crippen LogP contribution in [0.3, 0.4) is 0 Å². The van der Waals surface area contributed by atoms with Crippen molar-refractivity contribution in [1.82, 2.24) is 9.36 Å². The Hall–Kier alpha value is -2.52. The van der Waals surface area contributed by atoms with Crippen LogP contribution in [0, 0.1) is 12.8 Å². The summed E-state index contributed by atoms with van der Waals surface area (Å²) in [4.78, 5) is 27.0. The number of pyridine rings is 1. The van der Waals surface area contributed by atoms with Gasteiger partial charge in [0.1, 0.15) is 5.00 Å². The first-order valence-electron chi connectivity index (χ1n) is 7.80. The van der Waals surface area contributed by atoms with Gasteiger partial charge in [0.2, 0.25) is 5.91 Å². The molecule has 0 aliphatic carbocycles. The molecule has 2 aromatic rings. The van der Waals surface area contributed by atoms with Crippen LogP contribution in [-0.4, -0.2) is 27.2 Å². The van der Waals surface area contributed by atoms with E-state index in [-0.39, 0.29) is 11.6 Å². The zero-order valence-corrected chi connectivity index (χ0v) is 15.0. The number of nitrogens with one attached hydrogen (secondary N) is 1. The van der Waals surface area contributed by atoms with Gasteiger partial charge in [-0.15, -0.1) is 0 Å². The van der Waals surface area contributed by atoms with Gasteiger partial charge in [-0.1, -0.05) is 6.92 Å². The van der Waals surface area contributed by atoms with Gasteiger partial charge in [0.15, 0.2) is 5.69 Å². The molecule has 0 spiro atoms. The van der Waals surface area contributed by atoms with Gasteiger partial charge >= 0.3 is 0 Å². The predicted octanol–water partition coefficient (Wildman–Crippen LogP) is 1.07. The largest absolute Gasteiger partial charge is 0.368 e. The van der Waals surface area contributed by atoms with Gasteiger partial charge in [0, 0.05) is 6.20 Å². The maximum atomic E-state index is 11.7. The van der Waals surface area contributed by atoms with Crippen molar-refractivity contribution >= 4 is 34.0 Å². The molecule has 134 valence electrons. The number of carbonyl (C=O) groups excluding carboxylic acids is 2. The minimum absolute atomic E-state index is 0.0781. The minimum Gasteiger partial charge on any atom is -0.368 e. The van der Waals surface area contributed by atoms with Crippen LogP contribution in [0.15, 0.2) is 18.3 Å². The average Bonchev–Trinajstić information content (AvgIpc) is 2.93. The van der Waals surface area contributed by atoms with E-state index in [4.69, 9.17) is 17.2 Å². The number of nitrogens with two attached hydrogens (primary N) is 3. The number of primary amides is 2. The third-order valence-electron chi connectivity index (χ3n) is 3.74. The molecule has 0 aliphatic rings. The lowest BCUT2D eigenvalue weighted by Crippen LogP contribution is -2.37. The zero-order chi connectivity index (χ0) is 18.6. The molecule has 0 fully saturated rings. The maximum Gasteiger partial charge on any atom is 0.269 e. The summed E-state index contributed by atoms with van der Waals surface area (Å²) in [6, 6.07) is 2.99. The van der Waals surface area contributed by atoms with Crippen molar-refractivity contribution in [2.45, 2.75) is 32.7 Å². The number of carbonyl (C=O) groups is 2. The predicted molar refractivity (Wildman–Crippen MR) is 97.5 cm³/mol. The smallest absolute Gasteiger partial charge is 0.269 e. The van der Waals surface area contributed by atoms with Crippen LogP contribution >= 0.6 is 11.5 Å². The van der Waals surface area contributed by atoms with Crippen molar-refractivity contribution in [2.75, 3.05) is 5.32 Å². The molecule has 25 heavy (non-hydrogen) atoms. The quantitative estimate of drug-likeness (QED) is 0.551. The highest BCUT2D eigenvalue weighted by molar-refractivity contribution is 7.10. The summed E-state index contributed by atoms with van der Waals surface area (Å²) in [5.74, 6) is -1.07. The van der Waals surface area contributed by atoms with E-state index in [1.165, 1.54) is 11.5 Å². The first-order chi connectivity index (χ1) is 11.8. The first kappa shape index (κ1) is 18.8. The molecular weight excluding hydrogens is 340 g/mol. The standard InChI is InChI=1S/C16H22N6O2S/c1-8(6-11(17)15(18)23)5-10-3-4-20-14(16(19)24)13(10)21-12-7-9(2)22-25-12/h3-4,7-8,11,21H,5-6,17H2,1-2H3,(H2,18,23)(H2,19,24)/t8?,11-/m1/s1. The van der Waals surface area contributed by atoms with Crippen molar-refractivity contribution in [2.24, 2.45) is 23.1 Å². The van der Waals surface area contributed by atoms with Gasteiger partial charge in [-0.05, 0) is 54.9 Å². The fourth-order valence-corrected chi connectivity index (χ4v) is 3.22. The van der Waals surface area contributed by atoms with Gasteiger partial charge in [0.05, 0.1) is 17.4 Å². The molecule has 0 aliphatic heterocycles. The third-order valence-corrected chi connectivity index (χ3v) is 4.53. The summed E-state index contributed by atoms with van der Waals surface area (Å²) in [5.41, 5.74) is 18.9. The van der Waals surface area contributed by atoms with Crippen molar-refractivity contribution < 1.29 is 9.59 Å². The molecule has 0 saturated heterocycles. The minimum atomic E-state index is -0.701. The van der Waals surface area contributed by atoms with Crippen molar-refractivity contribution in [1.29, 1.82) is 0 Å². The van der Waals surface area contributed by atoms with Gasteiger partial charge in [-0.3, -0.25) is 9.59 Å². The Bertz CT molecular complexity index is 776. The van der Waals surface area contributed by atoms with Gasteiger partial charge < -0.3 is 22.5 Å². The van der Waals surface area contributed by atoms with Crippen LogP contribution in [0.25, 0.3) is 0 Å². The number of anilines is 2. The normalized spacial score (nSPS) is 13.2. The third kappa shape index (κ3) is 4.97. The van der Waals surface area contributed by atoms with E-state index >= 15 is 0 Å². The highest BCUT2D eigenvalue weighted by atomic mass is 32.1. The highest BCUT2D eigenvalue weighted by Gasteiger charge is 2.19. The monoisotopic (exact) mass is 362 g/mol. The van der Waals surface area contributed by atoms with E-state index in [1.807, 2.05) is 26.0 Å². The molecule has 2 rings (SSSR count). The number of hydrogen-bond donors (Lipinski definition) is 4. The first-order valence-corrected chi connectivity index (χ1v) is 8.58. The van der Waals surface area contributed by atoms with Crippen LogP contribution in [0.4, 0.5) is 10.7 Å². The molecule has 9 heteroatoms. The summed E-state index contributed by atoms with van der Waals surface area (Å²) >= 11 is 1.28. The Morgan fingerprint density at radius 2 is 2.08 bits per heavy atom. The molecule has 2 amide bonds. The summed E-state index contributed by atoms with van der Waals surface area (Å²) in [7, 11) is 0. The fraction of sp³-hybridized carbons (Fsp3) is 0.375. The van der Waals surface area contributed by atoms with Crippen molar-refractivity contribution in [3.05, 3.63) is 35.3 Å². The Kier molecular flexibility index (Phi) is 6.05. The summed E-state index contributed by atoms with van der Waals surface area (Å²) in [6.07, 6.45) is 2.58. The molecule has 0 radical (unpaired) electrons. The van der Waals surface area contributed by atoms with E-state index in [1.54, 1.807) is 6.20 Å². The molecular formula is C16H22N6O2S. The molecule has 2 atom stereocenters. The van der Waals surface area contributed by atoms with E-state index in [0.29, 0.717) is 18.5 Å². The van der Waals surface area contributed by atoms with E-state index < -0.39 is 17.9 Å². The fourth-order valence-electron chi connectivity index (χ4n) is 2.55. The number of nitrogens with zero attached hydrogens (tertiary/aromatic N) is 2. The molecule has 7 N–H and O–H groups in total. The summed E-state index contributed by atoms with van der Waals surface area (Å²) in [6.45, 7) is 3.85. The Morgan fingerprint density at radius 1 is 1.36 bits per heavy atom. The average molecular weight is 362 g/mol. The Morgan fingerprint density at radius 3 is 2.64 bits per heavy atom. The topological polar surface area (TPSA) is 150 Å². The molecule has 2 heterocycles. The molecule has 0 saturated carbocycles. The van der Waals surface area contributed by atoms with Crippen molar-refractivity contribution in [3.63, 3.8) is 0 Å². The Labute approximate surface area is 150 Å². The molecule has 2 aromatic heterocycles. The maximum absolute atomic E-state index is 11.7. The second kappa shape index (κ2) is 8.04. The molecule has 1 unspecified atom stereocenters. The highest BCUT2D eigenvalue weighted by Crippen LogP contribution is 2.29. The van der Waals surface area contributed by atoms with Gasteiger partial charge in [0.25, 0.3) is 5.91 Å². The van der Waals surface area contributed by atoms with Crippen LogP contribution in [0.1, 0.15) is 35.1 Å². The summed E-state index contributed by atoms with van der Waals surface area (Å²) in [5, 5.41) is 3.98. The van der Waals surface area contributed by atoms with E-state index in [2.05, 4.69) is 14.7 Å². The number of amides is 2. The summed E-state index contributed by atoms with van der Waals surface area (Å²) < 4.78 is 4.21. The number of rotatable bonds is 8. The molecule has 8 nitrogen and oxygen atoms in total. The van der Waals surface area contributed by atoms with E-state index in [0.717, 1.165) is 16.3 Å². The van der Waals surface area contributed by atoms with Crippen LogP contribution in [0.5, 0.6) is 0 Å². The number of hydrogen-bond acceptors (Lipinski definition) is 7.